The van der Waals surface area contributed by atoms with Crippen LogP contribution in [0.1, 0.15) is 30.1 Å². The van der Waals surface area contributed by atoms with Crippen molar-refractivity contribution < 1.29 is 26.7 Å². The molecule has 1 unspecified atom stereocenters. The first-order chi connectivity index (χ1) is 9.70. The van der Waals surface area contributed by atoms with E-state index in [9.17, 15) is 26.7 Å². The van der Waals surface area contributed by atoms with Gasteiger partial charge in [-0.3, -0.25) is 4.79 Å². The van der Waals surface area contributed by atoms with Crippen LogP contribution in [0, 0.1) is 17.6 Å². The summed E-state index contributed by atoms with van der Waals surface area (Å²) >= 11 is 0. The summed E-state index contributed by atoms with van der Waals surface area (Å²) < 4.78 is 64.7. The smallest absolute Gasteiger partial charge is 0.326 e. The van der Waals surface area contributed by atoms with Crippen LogP contribution in [0.2, 0.25) is 0 Å². The van der Waals surface area contributed by atoms with Gasteiger partial charge in [-0.25, -0.2) is 8.78 Å². The third kappa shape index (κ3) is 3.71. The van der Waals surface area contributed by atoms with Gasteiger partial charge in [-0.15, -0.1) is 0 Å². The second-order valence-corrected chi connectivity index (χ2v) is 5.23. The fraction of sp³-hybridized carbons (Fsp3) is 0.500. The van der Waals surface area contributed by atoms with Gasteiger partial charge >= 0.3 is 6.18 Å². The molecular formula is C14H14F5NO. The van der Waals surface area contributed by atoms with E-state index in [1.54, 1.807) is 0 Å². The summed E-state index contributed by atoms with van der Waals surface area (Å²) in [5.74, 6) is -3.83. The highest BCUT2D eigenvalue weighted by atomic mass is 19.4. The number of carbonyl (C=O) groups is 1. The van der Waals surface area contributed by atoms with E-state index in [2.05, 4.69) is 0 Å². The van der Waals surface area contributed by atoms with Crippen molar-refractivity contribution >= 4 is 5.91 Å². The van der Waals surface area contributed by atoms with E-state index >= 15 is 0 Å². The number of halogens is 5. The number of hydrogen-bond donors (Lipinski definition) is 0. The fourth-order valence-corrected chi connectivity index (χ4v) is 2.25. The molecule has 0 aromatic heterocycles. The Kier molecular flexibility index (Phi) is 4.20. The molecule has 1 amide bonds. The lowest BCUT2D eigenvalue weighted by Gasteiger charge is -2.30. The molecule has 0 spiro atoms. The van der Waals surface area contributed by atoms with Crippen LogP contribution in [0.25, 0.3) is 0 Å². The fourth-order valence-electron chi connectivity index (χ4n) is 2.25. The maximum atomic E-state index is 13.6. The average Bonchev–Trinajstić information content (AvgIpc) is 3.21. The molecule has 1 aromatic carbocycles. The Balaban J connectivity index is 2.30. The van der Waals surface area contributed by atoms with E-state index in [1.165, 1.54) is 6.92 Å². The Labute approximate surface area is 118 Å². The summed E-state index contributed by atoms with van der Waals surface area (Å²) in [6, 6.07) is 2.23. The number of benzene rings is 1. The van der Waals surface area contributed by atoms with Crippen LogP contribution in [0.4, 0.5) is 22.0 Å². The Morgan fingerprint density at radius 2 is 1.95 bits per heavy atom. The van der Waals surface area contributed by atoms with Gasteiger partial charge in [-0.1, -0.05) is 6.07 Å². The van der Waals surface area contributed by atoms with E-state index in [4.69, 9.17) is 0 Å². The molecule has 1 aliphatic carbocycles. The van der Waals surface area contributed by atoms with E-state index in [-0.39, 0.29) is 5.92 Å². The topological polar surface area (TPSA) is 20.3 Å². The van der Waals surface area contributed by atoms with Gasteiger partial charge in [0, 0.05) is 6.04 Å². The van der Waals surface area contributed by atoms with E-state index < -0.39 is 41.9 Å². The highest BCUT2D eigenvalue weighted by molar-refractivity contribution is 5.94. The van der Waals surface area contributed by atoms with Crippen LogP contribution in [-0.2, 0) is 0 Å². The maximum Gasteiger partial charge on any atom is 0.406 e. The third-order valence-electron chi connectivity index (χ3n) is 3.59. The summed E-state index contributed by atoms with van der Waals surface area (Å²) in [7, 11) is 0. The molecule has 116 valence electrons. The Hall–Kier alpha value is -1.66. The second-order valence-electron chi connectivity index (χ2n) is 5.23. The largest absolute Gasteiger partial charge is 0.406 e. The van der Waals surface area contributed by atoms with Crippen molar-refractivity contribution in [3.8, 4) is 0 Å². The Morgan fingerprint density at radius 3 is 2.48 bits per heavy atom. The molecule has 0 heterocycles. The second kappa shape index (κ2) is 5.61. The van der Waals surface area contributed by atoms with Crippen molar-refractivity contribution in [2.24, 2.45) is 5.92 Å². The quantitative estimate of drug-likeness (QED) is 0.776. The van der Waals surface area contributed by atoms with Gasteiger partial charge in [0.05, 0.1) is 5.56 Å². The molecular weight excluding hydrogens is 293 g/mol. The molecule has 0 aliphatic heterocycles. The minimum Gasteiger partial charge on any atom is -0.326 e. The number of carbonyl (C=O) groups excluding carboxylic acids is 1. The first kappa shape index (κ1) is 15.7. The lowest BCUT2D eigenvalue weighted by atomic mass is 10.1. The van der Waals surface area contributed by atoms with E-state index in [1.807, 2.05) is 0 Å². The van der Waals surface area contributed by atoms with Crippen LogP contribution in [0.3, 0.4) is 0 Å². The summed E-state index contributed by atoms with van der Waals surface area (Å²) in [5.41, 5.74) is -0.674. The molecule has 0 radical (unpaired) electrons. The molecule has 0 N–H and O–H groups in total. The van der Waals surface area contributed by atoms with Crippen molar-refractivity contribution in [3.63, 3.8) is 0 Å². The highest BCUT2D eigenvalue weighted by Crippen LogP contribution is 2.36. The molecule has 0 bridgehead atoms. The van der Waals surface area contributed by atoms with Gasteiger partial charge in [0.1, 0.15) is 6.54 Å². The summed E-state index contributed by atoms with van der Waals surface area (Å²) in [4.78, 5) is 12.8. The van der Waals surface area contributed by atoms with Crippen LogP contribution >= 0.6 is 0 Å². The number of alkyl halides is 3. The Bertz CT molecular complexity index is 539. The minimum atomic E-state index is -4.59. The minimum absolute atomic E-state index is 0.0204. The number of amides is 1. The Morgan fingerprint density at radius 1 is 1.33 bits per heavy atom. The van der Waals surface area contributed by atoms with Crippen LogP contribution in [0.5, 0.6) is 0 Å². The summed E-state index contributed by atoms with van der Waals surface area (Å²) in [6.07, 6.45) is -3.13. The predicted octanol–water partition coefficient (Wildman–Crippen LogP) is 3.77. The van der Waals surface area contributed by atoms with Gasteiger partial charge in [0.2, 0.25) is 0 Å². The average molecular weight is 307 g/mol. The van der Waals surface area contributed by atoms with E-state index in [0.717, 1.165) is 31.0 Å². The van der Waals surface area contributed by atoms with Gasteiger partial charge in [0.25, 0.3) is 5.91 Å². The highest BCUT2D eigenvalue weighted by Gasteiger charge is 2.41. The maximum absolute atomic E-state index is 13.6. The van der Waals surface area contributed by atoms with Crippen molar-refractivity contribution in [1.29, 1.82) is 0 Å². The standard InChI is InChI=1S/C14H14F5NO/c1-8(9-5-6-9)20(7-14(17,18)19)13(21)10-3-2-4-11(15)12(10)16/h2-4,8-9H,5-7H2,1H3. The number of hydrogen-bond acceptors (Lipinski definition) is 1. The van der Waals surface area contributed by atoms with Crippen molar-refractivity contribution in [2.45, 2.75) is 32.0 Å². The van der Waals surface area contributed by atoms with Gasteiger partial charge < -0.3 is 4.90 Å². The van der Waals surface area contributed by atoms with E-state index in [0.29, 0.717) is 4.90 Å². The van der Waals surface area contributed by atoms with Gasteiger partial charge in [0.15, 0.2) is 11.6 Å². The molecule has 1 fully saturated rings. The van der Waals surface area contributed by atoms with Crippen LogP contribution < -0.4 is 0 Å². The lowest BCUT2D eigenvalue weighted by Crippen LogP contribution is -2.45. The molecule has 7 heteroatoms. The zero-order valence-electron chi connectivity index (χ0n) is 11.3. The number of nitrogens with zero attached hydrogens (tertiary/aromatic N) is 1. The van der Waals surface area contributed by atoms with Crippen LogP contribution in [-0.4, -0.2) is 29.6 Å². The molecule has 1 atom stereocenters. The first-order valence-electron chi connectivity index (χ1n) is 6.52. The van der Waals surface area contributed by atoms with Crippen molar-refractivity contribution in [3.05, 3.63) is 35.4 Å². The normalized spacial score (nSPS) is 16.7. The monoisotopic (exact) mass is 307 g/mol. The molecule has 0 saturated heterocycles. The van der Waals surface area contributed by atoms with Crippen LogP contribution in [0.15, 0.2) is 18.2 Å². The molecule has 2 rings (SSSR count). The molecule has 1 aliphatic rings. The predicted molar refractivity (Wildman–Crippen MR) is 65.6 cm³/mol. The molecule has 21 heavy (non-hydrogen) atoms. The molecule has 1 saturated carbocycles. The number of rotatable bonds is 4. The first-order valence-corrected chi connectivity index (χ1v) is 6.52. The van der Waals surface area contributed by atoms with Gasteiger partial charge in [-0.05, 0) is 37.8 Å². The SMILES string of the molecule is CC(C1CC1)N(CC(F)(F)F)C(=O)c1cccc(F)c1F. The van der Waals surface area contributed by atoms with Crippen molar-refractivity contribution in [1.82, 2.24) is 4.90 Å². The molecule has 2 nitrogen and oxygen atoms in total. The van der Waals surface area contributed by atoms with Crippen molar-refractivity contribution in [2.75, 3.05) is 6.54 Å². The summed E-state index contributed by atoms with van der Waals surface area (Å²) in [6.45, 7) is 0.0258. The molecule has 1 aromatic rings. The lowest BCUT2D eigenvalue weighted by molar-refractivity contribution is -0.144. The third-order valence-corrected chi connectivity index (χ3v) is 3.59. The van der Waals surface area contributed by atoms with Gasteiger partial charge in [-0.2, -0.15) is 13.2 Å². The zero-order valence-corrected chi connectivity index (χ0v) is 11.3. The summed E-state index contributed by atoms with van der Waals surface area (Å²) in [5, 5.41) is 0. The zero-order chi connectivity index (χ0) is 15.8.